The van der Waals surface area contributed by atoms with E-state index in [-0.39, 0.29) is 5.91 Å². The number of ether oxygens (including phenoxy) is 1. The normalized spacial score (nSPS) is 17.1. The van der Waals surface area contributed by atoms with Crippen molar-refractivity contribution >= 4 is 11.9 Å². The van der Waals surface area contributed by atoms with Gasteiger partial charge in [-0.2, -0.15) is 5.26 Å². The van der Waals surface area contributed by atoms with E-state index in [1.165, 1.54) is 0 Å². The number of rotatable bonds is 6. The summed E-state index contributed by atoms with van der Waals surface area (Å²) >= 11 is 0. The van der Waals surface area contributed by atoms with Gasteiger partial charge in [-0.3, -0.25) is 9.59 Å². The van der Waals surface area contributed by atoms with Crippen molar-refractivity contribution in [3.8, 4) is 6.07 Å². The largest absolute Gasteiger partial charge is 0.465 e. The highest BCUT2D eigenvalue weighted by molar-refractivity contribution is 5.98. The van der Waals surface area contributed by atoms with E-state index in [9.17, 15) is 9.59 Å². The van der Waals surface area contributed by atoms with Gasteiger partial charge in [-0.05, 0) is 30.9 Å². The van der Waals surface area contributed by atoms with Gasteiger partial charge < -0.3 is 10.1 Å². The molecule has 1 saturated heterocycles. The fourth-order valence-electron chi connectivity index (χ4n) is 2.36. The van der Waals surface area contributed by atoms with Crippen LogP contribution in [-0.2, 0) is 20.7 Å². The Hall–Kier alpha value is -2.35. The summed E-state index contributed by atoms with van der Waals surface area (Å²) in [7, 11) is 0. The van der Waals surface area contributed by atoms with E-state index < -0.39 is 11.9 Å². The van der Waals surface area contributed by atoms with Gasteiger partial charge in [-0.1, -0.05) is 18.2 Å². The lowest BCUT2D eigenvalue weighted by Crippen LogP contribution is -2.33. The van der Waals surface area contributed by atoms with Gasteiger partial charge in [-0.15, -0.1) is 0 Å². The lowest BCUT2D eigenvalue weighted by atomic mass is 10.0. The first-order chi connectivity index (χ1) is 10.2. The number of carbonyl (C=O) groups is 2. The minimum absolute atomic E-state index is 0.241. The zero-order chi connectivity index (χ0) is 15.1. The maximum atomic E-state index is 11.7. The molecule has 1 fully saturated rings. The van der Waals surface area contributed by atoms with Crippen molar-refractivity contribution in [2.75, 3.05) is 13.2 Å². The summed E-state index contributed by atoms with van der Waals surface area (Å²) in [6.45, 7) is 0.874. The van der Waals surface area contributed by atoms with Gasteiger partial charge in [0, 0.05) is 13.0 Å². The minimum Gasteiger partial charge on any atom is -0.465 e. The molecule has 0 radical (unpaired) electrons. The molecule has 5 heteroatoms. The van der Waals surface area contributed by atoms with Crippen molar-refractivity contribution in [1.82, 2.24) is 5.32 Å². The van der Waals surface area contributed by atoms with Crippen LogP contribution in [0.15, 0.2) is 24.3 Å². The van der Waals surface area contributed by atoms with E-state index >= 15 is 0 Å². The number of hydrogen-bond donors (Lipinski definition) is 1. The highest BCUT2D eigenvalue weighted by Gasteiger charge is 2.32. The molecule has 5 nitrogen and oxygen atoms in total. The Morgan fingerprint density at radius 1 is 1.38 bits per heavy atom. The molecular weight excluding hydrogens is 268 g/mol. The molecule has 0 bridgehead atoms. The molecule has 0 aromatic heterocycles. The molecule has 2 rings (SSSR count). The van der Waals surface area contributed by atoms with Crippen LogP contribution in [0.1, 0.15) is 30.4 Å². The fraction of sp³-hybridized carbons (Fsp3) is 0.438. The predicted molar refractivity (Wildman–Crippen MR) is 76.2 cm³/mol. The van der Waals surface area contributed by atoms with Crippen LogP contribution in [0.2, 0.25) is 0 Å². The van der Waals surface area contributed by atoms with Crippen LogP contribution in [0.3, 0.4) is 0 Å². The number of cyclic esters (lactones) is 1. The Morgan fingerprint density at radius 3 is 2.90 bits per heavy atom. The lowest BCUT2D eigenvalue weighted by Gasteiger charge is -2.08. The summed E-state index contributed by atoms with van der Waals surface area (Å²) in [5, 5.41) is 11.8. The van der Waals surface area contributed by atoms with Crippen LogP contribution in [0.4, 0.5) is 0 Å². The highest BCUT2D eigenvalue weighted by Crippen LogP contribution is 2.14. The number of esters is 1. The van der Waals surface area contributed by atoms with Crippen LogP contribution in [0, 0.1) is 17.2 Å². The van der Waals surface area contributed by atoms with Crippen molar-refractivity contribution < 1.29 is 14.3 Å². The minimum atomic E-state index is -0.635. The van der Waals surface area contributed by atoms with Crippen LogP contribution in [-0.4, -0.2) is 25.0 Å². The van der Waals surface area contributed by atoms with Crippen molar-refractivity contribution in [3.63, 3.8) is 0 Å². The number of benzene rings is 1. The van der Waals surface area contributed by atoms with Crippen LogP contribution in [0.5, 0.6) is 0 Å². The Morgan fingerprint density at radius 2 is 2.19 bits per heavy atom. The molecule has 0 aliphatic carbocycles. The molecule has 1 aromatic rings. The molecule has 1 atom stereocenters. The van der Waals surface area contributed by atoms with E-state index in [2.05, 4.69) is 11.4 Å². The Kier molecular flexibility index (Phi) is 5.33. The summed E-state index contributed by atoms with van der Waals surface area (Å²) in [5.74, 6) is -1.30. The Labute approximate surface area is 123 Å². The molecule has 21 heavy (non-hydrogen) atoms. The molecular formula is C16H18N2O3. The maximum Gasteiger partial charge on any atom is 0.318 e. The average molecular weight is 286 g/mol. The summed E-state index contributed by atoms with van der Waals surface area (Å²) in [5.41, 5.74) is 1.74. The SMILES string of the molecule is N#Cc1ccccc1CCCCNC(=O)C1CCOC1=O. The number of hydrogen-bond acceptors (Lipinski definition) is 4. The Bertz CT molecular complexity index is 563. The third-order valence-corrected chi connectivity index (χ3v) is 3.56. The van der Waals surface area contributed by atoms with E-state index in [4.69, 9.17) is 10.00 Å². The second-order valence-electron chi connectivity index (χ2n) is 5.03. The molecule has 1 aliphatic heterocycles. The molecule has 1 N–H and O–H groups in total. The molecule has 110 valence electrons. The van der Waals surface area contributed by atoms with Crippen molar-refractivity contribution in [2.24, 2.45) is 5.92 Å². The summed E-state index contributed by atoms with van der Waals surface area (Å²) in [6.07, 6.45) is 2.98. The molecule has 1 heterocycles. The van der Waals surface area contributed by atoms with E-state index in [0.29, 0.717) is 25.1 Å². The third kappa shape index (κ3) is 4.06. The molecule has 0 spiro atoms. The quantitative estimate of drug-likeness (QED) is 0.489. The number of unbranched alkanes of at least 4 members (excludes halogenated alkanes) is 1. The van der Waals surface area contributed by atoms with E-state index in [1.807, 2.05) is 24.3 Å². The Balaban J connectivity index is 1.67. The molecule has 1 aliphatic rings. The van der Waals surface area contributed by atoms with Crippen molar-refractivity contribution in [2.45, 2.75) is 25.7 Å². The van der Waals surface area contributed by atoms with Crippen LogP contribution >= 0.6 is 0 Å². The van der Waals surface area contributed by atoms with Gasteiger partial charge in [0.2, 0.25) is 5.91 Å². The van der Waals surface area contributed by atoms with Crippen molar-refractivity contribution in [3.05, 3.63) is 35.4 Å². The third-order valence-electron chi connectivity index (χ3n) is 3.56. The summed E-state index contributed by atoms with van der Waals surface area (Å²) in [6, 6.07) is 9.70. The van der Waals surface area contributed by atoms with Gasteiger partial charge in [0.15, 0.2) is 0 Å². The van der Waals surface area contributed by atoms with Gasteiger partial charge in [0.05, 0.1) is 18.2 Å². The highest BCUT2D eigenvalue weighted by atomic mass is 16.5. The standard InChI is InChI=1S/C16H18N2O3/c17-11-13-7-2-1-5-12(13)6-3-4-9-18-15(19)14-8-10-21-16(14)20/h1-2,5,7,14H,3-4,6,8-10H2,(H,18,19). The zero-order valence-corrected chi connectivity index (χ0v) is 11.8. The number of nitrogens with zero attached hydrogens (tertiary/aromatic N) is 1. The zero-order valence-electron chi connectivity index (χ0n) is 11.8. The summed E-state index contributed by atoms with van der Waals surface area (Å²) in [4.78, 5) is 23.0. The second-order valence-corrected chi connectivity index (χ2v) is 5.03. The predicted octanol–water partition coefficient (Wildman–Crippen LogP) is 1.56. The van der Waals surface area contributed by atoms with E-state index in [0.717, 1.165) is 24.8 Å². The number of nitriles is 1. The number of aryl methyl sites for hydroxylation is 1. The van der Waals surface area contributed by atoms with Crippen LogP contribution < -0.4 is 5.32 Å². The second kappa shape index (κ2) is 7.44. The molecule has 0 saturated carbocycles. The molecule has 1 aromatic carbocycles. The smallest absolute Gasteiger partial charge is 0.318 e. The van der Waals surface area contributed by atoms with Gasteiger partial charge in [-0.25, -0.2) is 0 Å². The van der Waals surface area contributed by atoms with Gasteiger partial charge >= 0.3 is 5.97 Å². The molecule has 1 amide bonds. The van der Waals surface area contributed by atoms with Gasteiger partial charge in [0.25, 0.3) is 0 Å². The summed E-state index contributed by atoms with van der Waals surface area (Å²) < 4.78 is 4.77. The number of nitrogens with one attached hydrogen (secondary N) is 1. The first kappa shape index (κ1) is 15.0. The topological polar surface area (TPSA) is 79.2 Å². The maximum absolute atomic E-state index is 11.7. The average Bonchev–Trinajstić information content (AvgIpc) is 2.93. The number of carbonyl (C=O) groups excluding carboxylic acids is 2. The fourth-order valence-corrected chi connectivity index (χ4v) is 2.36. The monoisotopic (exact) mass is 286 g/mol. The first-order valence-corrected chi connectivity index (χ1v) is 7.14. The lowest BCUT2D eigenvalue weighted by molar-refractivity contribution is -0.145. The number of amides is 1. The first-order valence-electron chi connectivity index (χ1n) is 7.14. The van der Waals surface area contributed by atoms with Crippen molar-refractivity contribution in [1.29, 1.82) is 5.26 Å². The van der Waals surface area contributed by atoms with Crippen LogP contribution in [0.25, 0.3) is 0 Å². The van der Waals surface area contributed by atoms with Gasteiger partial charge in [0.1, 0.15) is 5.92 Å². The molecule has 1 unspecified atom stereocenters. The van der Waals surface area contributed by atoms with E-state index in [1.54, 1.807) is 0 Å².